The van der Waals surface area contributed by atoms with Gasteiger partial charge >= 0.3 is 0 Å². The SMILES string of the molecule is Cc1cc(Cl)ccc1/N=C1\c2cc([N+](=O)[O-])ccc2-c2c1cc([N+](=O)[O-])cc2[N+](=O)[O-]. The molecule has 0 saturated carbocycles. The van der Waals surface area contributed by atoms with Crippen LogP contribution in [0.25, 0.3) is 11.1 Å². The first-order chi connectivity index (χ1) is 14.7. The van der Waals surface area contributed by atoms with Crippen LogP contribution in [0.15, 0.2) is 53.5 Å². The molecule has 0 N–H and O–H groups in total. The minimum absolute atomic E-state index is 0.130. The van der Waals surface area contributed by atoms with Gasteiger partial charge in [-0.25, -0.2) is 4.99 Å². The predicted molar refractivity (Wildman–Crippen MR) is 113 cm³/mol. The summed E-state index contributed by atoms with van der Waals surface area (Å²) in [6.07, 6.45) is 0. The summed E-state index contributed by atoms with van der Waals surface area (Å²) in [5, 5.41) is 34.9. The van der Waals surface area contributed by atoms with Crippen LogP contribution in [0, 0.1) is 37.3 Å². The van der Waals surface area contributed by atoms with Crippen LogP contribution in [0.2, 0.25) is 5.02 Å². The van der Waals surface area contributed by atoms with Gasteiger partial charge in [-0.3, -0.25) is 30.3 Å². The Morgan fingerprint density at radius 3 is 2.06 bits per heavy atom. The Kier molecular flexibility index (Phi) is 4.71. The third-order valence-corrected chi connectivity index (χ3v) is 5.13. The highest BCUT2D eigenvalue weighted by Crippen LogP contribution is 2.46. The van der Waals surface area contributed by atoms with E-state index in [-0.39, 0.29) is 28.1 Å². The summed E-state index contributed by atoms with van der Waals surface area (Å²) >= 11 is 5.99. The van der Waals surface area contributed by atoms with Crippen molar-refractivity contribution in [3.05, 3.63) is 101 Å². The highest BCUT2D eigenvalue weighted by molar-refractivity contribution is 6.31. The quantitative estimate of drug-likeness (QED) is 0.303. The van der Waals surface area contributed by atoms with Gasteiger partial charge in [0.05, 0.1) is 37.8 Å². The van der Waals surface area contributed by atoms with Crippen LogP contribution in [0.4, 0.5) is 22.7 Å². The Labute approximate surface area is 178 Å². The first-order valence-corrected chi connectivity index (χ1v) is 9.16. The van der Waals surface area contributed by atoms with Gasteiger partial charge in [-0.05, 0) is 42.3 Å². The van der Waals surface area contributed by atoms with Crippen molar-refractivity contribution in [2.45, 2.75) is 6.92 Å². The maximum absolute atomic E-state index is 11.7. The Morgan fingerprint density at radius 2 is 1.45 bits per heavy atom. The number of hydrogen-bond donors (Lipinski definition) is 0. The minimum atomic E-state index is -0.732. The van der Waals surface area contributed by atoms with Gasteiger partial charge in [0, 0.05) is 34.3 Å². The average Bonchev–Trinajstić information content (AvgIpc) is 3.02. The van der Waals surface area contributed by atoms with Crippen molar-refractivity contribution < 1.29 is 14.8 Å². The van der Waals surface area contributed by atoms with E-state index in [9.17, 15) is 30.3 Å². The predicted octanol–water partition coefficient (Wildman–Crippen LogP) is 5.52. The largest absolute Gasteiger partial charge is 0.284 e. The summed E-state index contributed by atoms with van der Waals surface area (Å²) in [4.78, 5) is 36.9. The van der Waals surface area contributed by atoms with E-state index in [4.69, 9.17) is 11.6 Å². The van der Waals surface area contributed by atoms with E-state index < -0.39 is 26.1 Å². The maximum atomic E-state index is 11.7. The van der Waals surface area contributed by atoms with Gasteiger partial charge in [-0.1, -0.05) is 11.6 Å². The lowest BCUT2D eigenvalue weighted by Crippen LogP contribution is -2.01. The van der Waals surface area contributed by atoms with Crippen LogP contribution in [-0.4, -0.2) is 20.5 Å². The molecule has 3 aromatic rings. The molecule has 10 nitrogen and oxygen atoms in total. The third-order valence-electron chi connectivity index (χ3n) is 4.89. The molecule has 0 atom stereocenters. The zero-order chi connectivity index (χ0) is 22.4. The zero-order valence-corrected chi connectivity index (χ0v) is 16.5. The Morgan fingerprint density at radius 1 is 0.774 bits per heavy atom. The molecule has 0 radical (unpaired) electrons. The molecule has 0 fully saturated rings. The Hall–Kier alpha value is -4.18. The number of hydrogen-bond acceptors (Lipinski definition) is 7. The normalized spacial score (nSPS) is 13.0. The summed E-state index contributed by atoms with van der Waals surface area (Å²) < 4.78 is 0. The molecular formula is C20H11ClN4O6. The first-order valence-electron chi connectivity index (χ1n) is 8.78. The lowest BCUT2D eigenvalue weighted by molar-refractivity contribution is -0.393. The van der Waals surface area contributed by atoms with E-state index in [1.807, 2.05) is 0 Å². The van der Waals surface area contributed by atoms with E-state index in [1.165, 1.54) is 24.3 Å². The summed E-state index contributed by atoms with van der Waals surface area (Å²) in [5.41, 5.74) is 1.06. The van der Waals surface area contributed by atoms with Gasteiger partial charge in [0.25, 0.3) is 17.1 Å². The van der Waals surface area contributed by atoms with Crippen molar-refractivity contribution in [3.63, 3.8) is 0 Å². The monoisotopic (exact) mass is 438 g/mol. The van der Waals surface area contributed by atoms with Crippen molar-refractivity contribution in [1.82, 2.24) is 0 Å². The van der Waals surface area contributed by atoms with Crippen LogP contribution >= 0.6 is 11.6 Å². The molecule has 0 bridgehead atoms. The smallest absolute Gasteiger partial charge is 0.258 e. The molecule has 0 spiro atoms. The molecule has 0 saturated heterocycles. The summed E-state index contributed by atoms with van der Waals surface area (Å²) in [6, 6.07) is 10.8. The van der Waals surface area contributed by atoms with E-state index in [0.29, 0.717) is 21.8 Å². The standard InChI is InChI=1S/C20H11ClN4O6/c1-10-6-11(21)2-5-17(10)22-20-15-7-12(23(26)27)3-4-14(15)19-16(20)8-13(24(28)29)9-18(19)25(30)31/h2-9H,1H3/b22-20+. The number of nitro groups is 3. The van der Waals surface area contributed by atoms with E-state index >= 15 is 0 Å². The van der Waals surface area contributed by atoms with Gasteiger partial charge in [-0.15, -0.1) is 0 Å². The number of non-ortho nitro benzene ring substituents is 2. The van der Waals surface area contributed by atoms with Gasteiger partial charge in [-0.2, -0.15) is 0 Å². The molecule has 1 aliphatic rings. The second-order valence-electron chi connectivity index (χ2n) is 6.78. The van der Waals surface area contributed by atoms with Gasteiger partial charge in [0.15, 0.2) is 0 Å². The number of rotatable bonds is 4. The van der Waals surface area contributed by atoms with Crippen LogP contribution in [-0.2, 0) is 0 Å². The third kappa shape index (κ3) is 3.38. The van der Waals surface area contributed by atoms with Gasteiger partial charge in [0.1, 0.15) is 0 Å². The summed E-state index contributed by atoms with van der Waals surface area (Å²) in [5.74, 6) is 0. The molecule has 3 aromatic carbocycles. The van der Waals surface area contributed by atoms with E-state index in [2.05, 4.69) is 4.99 Å². The lowest BCUT2D eigenvalue weighted by atomic mass is 10.0. The first kappa shape index (κ1) is 20.1. The fraction of sp³-hybridized carbons (Fsp3) is 0.0500. The summed E-state index contributed by atoms with van der Waals surface area (Å²) in [6.45, 7) is 1.76. The molecule has 0 amide bonds. The second-order valence-corrected chi connectivity index (χ2v) is 7.22. The van der Waals surface area contributed by atoms with Crippen molar-refractivity contribution >= 4 is 40.1 Å². The van der Waals surface area contributed by atoms with Crippen LogP contribution in [0.5, 0.6) is 0 Å². The molecule has 31 heavy (non-hydrogen) atoms. The molecule has 0 heterocycles. The number of aryl methyl sites for hydroxylation is 1. The number of nitro benzene ring substituents is 3. The van der Waals surface area contributed by atoms with E-state index in [0.717, 1.165) is 6.07 Å². The van der Waals surface area contributed by atoms with Gasteiger partial charge < -0.3 is 0 Å². The zero-order valence-electron chi connectivity index (χ0n) is 15.7. The molecule has 0 unspecified atom stereocenters. The molecule has 154 valence electrons. The number of fused-ring (bicyclic) bond motifs is 3. The van der Waals surface area contributed by atoms with Gasteiger partial charge in [0.2, 0.25) is 0 Å². The number of benzene rings is 3. The van der Waals surface area contributed by atoms with Crippen molar-refractivity contribution in [2.24, 2.45) is 4.99 Å². The van der Waals surface area contributed by atoms with Crippen LogP contribution in [0.3, 0.4) is 0 Å². The molecule has 0 aromatic heterocycles. The highest BCUT2D eigenvalue weighted by Gasteiger charge is 2.36. The number of nitrogens with zero attached hydrogens (tertiary/aromatic N) is 4. The Bertz CT molecular complexity index is 1350. The van der Waals surface area contributed by atoms with Crippen molar-refractivity contribution in [1.29, 1.82) is 0 Å². The maximum Gasteiger partial charge on any atom is 0.284 e. The molecule has 4 rings (SSSR count). The van der Waals surface area contributed by atoms with Crippen LogP contribution < -0.4 is 0 Å². The summed E-state index contributed by atoms with van der Waals surface area (Å²) in [7, 11) is 0. The second kappa shape index (κ2) is 7.26. The topological polar surface area (TPSA) is 142 Å². The molecular weight excluding hydrogens is 428 g/mol. The Balaban J connectivity index is 2.10. The number of halogens is 1. The van der Waals surface area contributed by atoms with Crippen molar-refractivity contribution in [3.8, 4) is 11.1 Å². The van der Waals surface area contributed by atoms with Crippen LogP contribution in [0.1, 0.15) is 16.7 Å². The lowest BCUT2D eigenvalue weighted by Gasteiger charge is -2.05. The average molecular weight is 439 g/mol. The highest BCUT2D eigenvalue weighted by atomic mass is 35.5. The molecule has 1 aliphatic carbocycles. The fourth-order valence-corrected chi connectivity index (χ4v) is 3.75. The molecule has 11 heteroatoms. The van der Waals surface area contributed by atoms with Crippen molar-refractivity contribution in [2.75, 3.05) is 0 Å². The molecule has 0 aliphatic heterocycles. The minimum Gasteiger partial charge on any atom is -0.258 e. The fourth-order valence-electron chi connectivity index (χ4n) is 3.52. The number of aliphatic imine (C=N–C) groups is 1. The van der Waals surface area contributed by atoms with E-state index in [1.54, 1.807) is 25.1 Å².